The molecule has 0 unspecified atom stereocenters. The first-order valence-electron chi connectivity index (χ1n) is 6.53. The van der Waals surface area contributed by atoms with Crippen molar-refractivity contribution in [3.05, 3.63) is 30.3 Å². The highest BCUT2D eigenvalue weighted by Crippen LogP contribution is 2.26. The summed E-state index contributed by atoms with van der Waals surface area (Å²) in [5.74, 6) is 3.07. The van der Waals surface area contributed by atoms with Gasteiger partial charge in [0.15, 0.2) is 0 Å². The van der Waals surface area contributed by atoms with Gasteiger partial charge in [0.25, 0.3) is 0 Å². The number of fused-ring (bicyclic) bond motifs is 1. The van der Waals surface area contributed by atoms with Crippen LogP contribution in [-0.4, -0.2) is 43.4 Å². The Balaban J connectivity index is 0.00000120. The van der Waals surface area contributed by atoms with E-state index in [9.17, 15) is 0 Å². The van der Waals surface area contributed by atoms with E-state index in [0.29, 0.717) is 0 Å². The number of hydrogen-bond acceptors (Lipinski definition) is 3. The fourth-order valence-corrected chi connectivity index (χ4v) is 3.88. The molecular formula is C14H21ClN2S. The molecule has 2 aliphatic heterocycles. The maximum Gasteiger partial charge on any atom is 0.0108 e. The minimum absolute atomic E-state index is 0. The van der Waals surface area contributed by atoms with Gasteiger partial charge in [-0.3, -0.25) is 0 Å². The quantitative estimate of drug-likeness (QED) is 0.855. The first-order chi connectivity index (χ1) is 8.42. The zero-order valence-electron chi connectivity index (χ0n) is 10.5. The predicted octanol–water partition coefficient (Wildman–Crippen LogP) is 2.35. The molecule has 2 aliphatic rings. The number of thioether (sulfide) groups is 1. The summed E-state index contributed by atoms with van der Waals surface area (Å²) in [4.78, 5) is 4.04. The van der Waals surface area contributed by atoms with Crippen LogP contribution in [0.1, 0.15) is 0 Å². The average molecular weight is 285 g/mol. The third kappa shape index (κ3) is 3.41. The van der Waals surface area contributed by atoms with Gasteiger partial charge in [0, 0.05) is 30.3 Å². The van der Waals surface area contributed by atoms with Crippen LogP contribution in [0.3, 0.4) is 0 Å². The van der Waals surface area contributed by atoms with Crippen molar-refractivity contribution in [3.8, 4) is 0 Å². The lowest BCUT2D eigenvalue weighted by molar-refractivity contribution is 0.333. The lowest BCUT2D eigenvalue weighted by Gasteiger charge is -2.16. The van der Waals surface area contributed by atoms with Crippen LogP contribution in [0.5, 0.6) is 0 Å². The highest BCUT2D eigenvalue weighted by atomic mass is 35.5. The zero-order chi connectivity index (χ0) is 11.5. The van der Waals surface area contributed by atoms with Gasteiger partial charge in [-0.05, 0) is 37.1 Å². The Morgan fingerprint density at radius 1 is 1.11 bits per heavy atom. The van der Waals surface area contributed by atoms with Crippen molar-refractivity contribution in [1.82, 2.24) is 10.2 Å². The van der Waals surface area contributed by atoms with Crippen molar-refractivity contribution in [3.63, 3.8) is 0 Å². The summed E-state index contributed by atoms with van der Waals surface area (Å²) in [6, 6.07) is 10.7. The predicted molar refractivity (Wildman–Crippen MR) is 80.7 cm³/mol. The number of halogens is 1. The molecule has 2 fully saturated rings. The van der Waals surface area contributed by atoms with Gasteiger partial charge in [0.05, 0.1) is 0 Å². The molecule has 0 amide bonds. The van der Waals surface area contributed by atoms with Gasteiger partial charge < -0.3 is 10.2 Å². The van der Waals surface area contributed by atoms with Crippen LogP contribution in [0.25, 0.3) is 0 Å². The van der Waals surface area contributed by atoms with Gasteiger partial charge >= 0.3 is 0 Å². The molecule has 0 spiro atoms. The summed E-state index contributed by atoms with van der Waals surface area (Å²) in [5, 5.41) is 3.49. The molecule has 2 atom stereocenters. The summed E-state index contributed by atoms with van der Waals surface area (Å²) >= 11 is 1.98. The Hall–Kier alpha value is -0.220. The average Bonchev–Trinajstić information content (AvgIpc) is 2.91. The lowest BCUT2D eigenvalue weighted by Crippen LogP contribution is -2.27. The second-order valence-electron chi connectivity index (χ2n) is 5.10. The third-order valence-electron chi connectivity index (χ3n) is 3.88. The van der Waals surface area contributed by atoms with Crippen molar-refractivity contribution >= 4 is 24.2 Å². The molecule has 1 N–H and O–H groups in total. The molecule has 1 aromatic rings. The number of nitrogens with one attached hydrogen (secondary N) is 1. The number of nitrogens with zero attached hydrogens (tertiary/aromatic N) is 1. The monoisotopic (exact) mass is 284 g/mol. The smallest absolute Gasteiger partial charge is 0.0108 e. The molecule has 100 valence electrons. The van der Waals surface area contributed by atoms with Crippen molar-refractivity contribution in [2.75, 3.05) is 38.5 Å². The third-order valence-corrected chi connectivity index (χ3v) is 4.88. The topological polar surface area (TPSA) is 15.3 Å². The highest BCUT2D eigenvalue weighted by Gasteiger charge is 2.35. The van der Waals surface area contributed by atoms with E-state index in [4.69, 9.17) is 0 Å². The summed E-state index contributed by atoms with van der Waals surface area (Å²) in [7, 11) is 0. The first kappa shape index (κ1) is 14.2. The van der Waals surface area contributed by atoms with E-state index in [0.717, 1.165) is 11.8 Å². The summed E-state index contributed by atoms with van der Waals surface area (Å²) in [6.07, 6.45) is 0. The fraction of sp³-hybridized carbons (Fsp3) is 0.571. The van der Waals surface area contributed by atoms with Crippen LogP contribution >= 0.6 is 24.2 Å². The highest BCUT2D eigenvalue weighted by molar-refractivity contribution is 7.99. The van der Waals surface area contributed by atoms with Crippen LogP contribution in [0, 0.1) is 11.8 Å². The van der Waals surface area contributed by atoms with Crippen molar-refractivity contribution in [1.29, 1.82) is 0 Å². The molecule has 1 aromatic carbocycles. The normalized spacial score (nSPS) is 26.9. The summed E-state index contributed by atoms with van der Waals surface area (Å²) in [6.45, 7) is 6.35. The SMILES string of the molecule is Cl.c1ccc(SCCN2C[C@H]3CNC[C@H]3C2)cc1. The lowest BCUT2D eigenvalue weighted by atomic mass is 10.0. The Labute approximate surface area is 120 Å². The molecule has 2 saturated heterocycles. The van der Waals surface area contributed by atoms with E-state index in [-0.39, 0.29) is 12.4 Å². The first-order valence-corrected chi connectivity index (χ1v) is 7.51. The van der Waals surface area contributed by atoms with Gasteiger partial charge in [0.1, 0.15) is 0 Å². The fourth-order valence-electron chi connectivity index (χ4n) is 2.94. The summed E-state index contributed by atoms with van der Waals surface area (Å²) in [5.41, 5.74) is 0. The molecule has 0 aromatic heterocycles. The molecule has 0 bridgehead atoms. The Kier molecular flexibility index (Phi) is 5.37. The van der Waals surface area contributed by atoms with Crippen molar-refractivity contribution < 1.29 is 0 Å². The zero-order valence-corrected chi connectivity index (χ0v) is 12.2. The number of likely N-dealkylation sites (tertiary alicyclic amines) is 1. The Morgan fingerprint density at radius 3 is 2.44 bits per heavy atom. The molecule has 0 saturated carbocycles. The van der Waals surface area contributed by atoms with Gasteiger partial charge in [0.2, 0.25) is 0 Å². The van der Waals surface area contributed by atoms with E-state index in [1.165, 1.54) is 43.4 Å². The minimum Gasteiger partial charge on any atom is -0.316 e. The van der Waals surface area contributed by atoms with E-state index in [1.54, 1.807) is 0 Å². The number of hydrogen-bond donors (Lipinski definition) is 1. The van der Waals surface area contributed by atoms with E-state index < -0.39 is 0 Å². The van der Waals surface area contributed by atoms with Gasteiger partial charge in [-0.15, -0.1) is 24.2 Å². The van der Waals surface area contributed by atoms with Crippen LogP contribution in [0.15, 0.2) is 35.2 Å². The summed E-state index contributed by atoms with van der Waals surface area (Å²) < 4.78 is 0. The van der Waals surface area contributed by atoms with E-state index in [2.05, 4.69) is 40.5 Å². The number of benzene rings is 1. The molecule has 3 rings (SSSR count). The second-order valence-corrected chi connectivity index (χ2v) is 6.27. The molecule has 2 nitrogen and oxygen atoms in total. The molecule has 2 heterocycles. The Morgan fingerprint density at radius 2 is 1.78 bits per heavy atom. The maximum absolute atomic E-state index is 3.49. The van der Waals surface area contributed by atoms with Crippen molar-refractivity contribution in [2.24, 2.45) is 11.8 Å². The minimum atomic E-state index is 0. The molecule has 18 heavy (non-hydrogen) atoms. The van der Waals surface area contributed by atoms with Crippen LogP contribution in [0.2, 0.25) is 0 Å². The van der Waals surface area contributed by atoms with Crippen LogP contribution in [0.4, 0.5) is 0 Å². The van der Waals surface area contributed by atoms with E-state index in [1.807, 2.05) is 11.8 Å². The number of rotatable bonds is 4. The molecule has 4 heteroatoms. The Bertz CT molecular complexity index is 348. The largest absolute Gasteiger partial charge is 0.316 e. The van der Waals surface area contributed by atoms with Gasteiger partial charge in [-0.25, -0.2) is 0 Å². The molecule has 0 radical (unpaired) electrons. The van der Waals surface area contributed by atoms with Crippen molar-refractivity contribution in [2.45, 2.75) is 4.90 Å². The standard InChI is InChI=1S/C14H20N2S.ClH/c1-2-4-14(5-3-1)17-7-6-16-10-12-8-15-9-13(12)11-16;/h1-5,12-13,15H,6-11H2;1H/t12-,13+;. The second kappa shape index (κ2) is 6.80. The van der Waals surface area contributed by atoms with Gasteiger partial charge in [-0.2, -0.15) is 0 Å². The van der Waals surface area contributed by atoms with E-state index >= 15 is 0 Å². The molecule has 0 aliphatic carbocycles. The molecular weight excluding hydrogens is 264 g/mol. The van der Waals surface area contributed by atoms with Gasteiger partial charge in [-0.1, -0.05) is 18.2 Å². The van der Waals surface area contributed by atoms with Crippen LogP contribution in [-0.2, 0) is 0 Å². The maximum atomic E-state index is 3.49. The van der Waals surface area contributed by atoms with Crippen LogP contribution < -0.4 is 5.32 Å².